The highest BCUT2D eigenvalue weighted by atomic mass is 35.5. The molecule has 4 rings (SSSR count). The molecular weight excluding hydrogens is 396 g/mol. The van der Waals surface area contributed by atoms with E-state index in [2.05, 4.69) is 44.3 Å². The van der Waals surface area contributed by atoms with Gasteiger partial charge in [-0.15, -0.1) is 0 Å². The highest BCUT2D eigenvalue weighted by Gasteiger charge is 2.11. The summed E-state index contributed by atoms with van der Waals surface area (Å²) in [6, 6.07) is 17.8. The monoisotopic (exact) mass is 416 g/mol. The highest BCUT2D eigenvalue weighted by molar-refractivity contribution is 6.30. The molecule has 2 heterocycles. The zero-order chi connectivity index (χ0) is 21.1. The number of nitrogens with one attached hydrogen (secondary N) is 1. The quantitative estimate of drug-likeness (QED) is 0.457. The van der Waals surface area contributed by atoms with Crippen molar-refractivity contribution in [2.24, 2.45) is 0 Å². The molecule has 7 heteroatoms. The lowest BCUT2D eigenvalue weighted by Gasteiger charge is -2.17. The Morgan fingerprint density at radius 2 is 1.63 bits per heavy atom. The predicted octanol–water partition coefficient (Wildman–Crippen LogP) is 5.32. The SMILES string of the molecule is Cc1nc(NC(C)c2cccc(-c3cnc(N)nc3)c2)cc(-c2ccc(Cl)cc2)n1. The van der Waals surface area contributed by atoms with Crippen molar-refractivity contribution in [2.45, 2.75) is 19.9 Å². The molecule has 0 bridgehead atoms. The van der Waals surface area contributed by atoms with Crippen molar-refractivity contribution < 1.29 is 0 Å². The van der Waals surface area contributed by atoms with Crippen molar-refractivity contribution >= 4 is 23.4 Å². The number of benzene rings is 2. The van der Waals surface area contributed by atoms with Crippen molar-refractivity contribution in [3.8, 4) is 22.4 Å². The van der Waals surface area contributed by atoms with Gasteiger partial charge in [-0.3, -0.25) is 0 Å². The Bertz CT molecular complexity index is 1160. The summed E-state index contributed by atoms with van der Waals surface area (Å²) in [4.78, 5) is 17.3. The van der Waals surface area contributed by atoms with Gasteiger partial charge < -0.3 is 11.1 Å². The Hall–Kier alpha value is -3.51. The highest BCUT2D eigenvalue weighted by Crippen LogP contribution is 2.26. The number of hydrogen-bond donors (Lipinski definition) is 2. The minimum atomic E-state index is 0.0343. The molecule has 150 valence electrons. The second-order valence-corrected chi connectivity index (χ2v) is 7.45. The molecule has 0 saturated carbocycles. The first-order chi connectivity index (χ1) is 14.5. The van der Waals surface area contributed by atoms with Gasteiger partial charge in [0, 0.05) is 40.7 Å². The van der Waals surface area contributed by atoms with E-state index >= 15 is 0 Å². The molecular formula is C23H21ClN6. The maximum absolute atomic E-state index is 6.00. The number of hydrogen-bond acceptors (Lipinski definition) is 6. The van der Waals surface area contributed by atoms with Crippen LogP contribution in [-0.4, -0.2) is 19.9 Å². The van der Waals surface area contributed by atoms with E-state index in [0.717, 1.165) is 33.8 Å². The predicted molar refractivity (Wildman–Crippen MR) is 121 cm³/mol. The Labute approximate surface area is 180 Å². The summed E-state index contributed by atoms with van der Waals surface area (Å²) >= 11 is 6.00. The van der Waals surface area contributed by atoms with Crippen LogP contribution in [0.2, 0.25) is 5.02 Å². The number of aryl methyl sites for hydroxylation is 1. The van der Waals surface area contributed by atoms with Crippen molar-refractivity contribution in [1.82, 2.24) is 19.9 Å². The zero-order valence-corrected chi connectivity index (χ0v) is 17.4. The van der Waals surface area contributed by atoms with Gasteiger partial charge in [0.25, 0.3) is 0 Å². The van der Waals surface area contributed by atoms with Crippen LogP contribution in [0.25, 0.3) is 22.4 Å². The van der Waals surface area contributed by atoms with Gasteiger partial charge in [0.05, 0.1) is 5.69 Å². The number of halogens is 1. The lowest BCUT2D eigenvalue weighted by Crippen LogP contribution is -2.09. The Kier molecular flexibility index (Phi) is 5.59. The van der Waals surface area contributed by atoms with Crippen LogP contribution in [0.15, 0.2) is 67.0 Å². The number of nitrogens with two attached hydrogens (primary N) is 1. The van der Waals surface area contributed by atoms with Gasteiger partial charge in [0.1, 0.15) is 11.6 Å². The molecule has 0 fully saturated rings. The lowest BCUT2D eigenvalue weighted by atomic mass is 10.0. The molecule has 0 radical (unpaired) electrons. The molecule has 0 aliphatic carbocycles. The molecule has 2 aromatic carbocycles. The molecule has 0 spiro atoms. The second-order valence-electron chi connectivity index (χ2n) is 7.01. The smallest absolute Gasteiger partial charge is 0.219 e. The van der Waals surface area contributed by atoms with E-state index in [1.54, 1.807) is 12.4 Å². The van der Waals surface area contributed by atoms with E-state index in [1.165, 1.54) is 0 Å². The van der Waals surface area contributed by atoms with Crippen LogP contribution in [0, 0.1) is 6.92 Å². The molecule has 4 aromatic rings. The summed E-state index contributed by atoms with van der Waals surface area (Å²) in [7, 11) is 0. The van der Waals surface area contributed by atoms with E-state index in [4.69, 9.17) is 17.3 Å². The number of nitrogens with zero attached hydrogens (tertiary/aromatic N) is 4. The van der Waals surface area contributed by atoms with E-state index in [9.17, 15) is 0 Å². The van der Waals surface area contributed by atoms with Crippen LogP contribution in [0.5, 0.6) is 0 Å². The fraction of sp³-hybridized carbons (Fsp3) is 0.130. The molecule has 30 heavy (non-hydrogen) atoms. The van der Waals surface area contributed by atoms with E-state index in [0.29, 0.717) is 10.8 Å². The van der Waals surface area contributed by atoms with Gasteiger partial charge in [0.2, 0.25) is 5.95 Å². The van der Waals surface area contributed by atoms with Gasteiger partial charge in [-0.05, 0) is 43.2 Å². The minimum Gasteiger partial charge on any atom is -0.368 e. The molecule has 3 N–H and O–H groups in total. The molecule has 0 aliphatic rings. The number of rotatable bonds is 5. The molecule has 2 aromatic heterocycles. The van der Waals surface area contributed by atoms with E-state index < -0.39 is 0 Å². The summed E-state index contributed by atoms with van der Waals surface area (Å²) < 4.78 is 0. The average Bonchev–Trinajstić information content (AvgIpc) is 2.74. The first-order valence-corrected chi connectivity index (χ1v) is 9.92. The van der Waals surface area contributed by atoms with Crippen LogP contribution < -0.4 is 11.1 Å². The van der Waals surface area contributed by atoms with E-state index in [1.807, 2.05) is 49.4 Å². The number of aromatic nitrogens is 4. The van der Waals surface area contributed by atoms with Crippen molar-refractivity contribution in [2.75, 3.05) is 11.1 Å². The second kappa shape index (κ2) is 8.47. The molecule has 1 unspecified atom stereocenters. The van der Waals surface area contributed by atoms with Crippen LogP contribution in [0.1, 0.15) is 24.4 Å². The fourth-order valence-corrected chi connectivity index (χ4v) is 3.32. The largest absolute Gasteiger partial charge is 0.368 e. The summed E-state index contributed by atoms with van der Waals surface area (Å²) in [5, 5.41) is 4.18. The van der Waals surface area contributed by atoms with Crippen molar-refractivity contribution in [3.05, 3.63) is 83.4 Å². The zero-order valence-electron chi connectivity index (χ0n) is 16.7. The van der Waals surface area contributed by atoms with Gasteiger partial charge >= 0.3 is 0 Å². The van der Waals surface area contributed by atoms with Crippen LogP contribution >= 0.6 is 11.6 Å². The topological polar surface area (TPSA) is 89.6 Å². The summed E-state index contributed by atoms with van der Waals surface area (Å²) in [6.45, 7) is 3.98. The normalized spacial score (nSPS) is 11.8. The molecule has 0 aliphatic heterocycles. The van der Waals surface area contributed by atoms with Gasteiger partial charge in [-0.25, -0.2) is 19.9 Å². The van der Waals surface area contributed by atoms with Gasteiger partial charge in [-0.2, -0.15) is 0 Å². The Morgan fingerprint density at radius 1 is 0.900 bits per heavy atom. The maximum atomic E-state index is 6.00. The van der Waals surface area contributed by atoms with Gasteiger partial charge in [0.15, 0.2) is 0 Å². The van der Waals surface area contributed by atoms with Crippen LogP contribution in [0.3, 0.4) is 0 Å². The van der Waals surface area contributed by atoms with Gasteiger partial charge in [-0.1, -0.05) is 41.9 Å². The van der Waals surface area contributed by atoms with E-state index in [-0.39, 0.29) is 12.0 Å². The first-order valence-electron chi connectivity index (χ1n) is 9.54. The minimum absolute atomic E-state index is 0.0343. The van der Waals surface area contributed by atoms with Crippen molar-refractivity contribution in [3.63, 3.8) is 0 Å². The summed E-state index contributed by atoms with van der Waals surface area (Å²) in [6.07, 6.45) is 3.46. The fourth-order valence-electron chi connectivity index (χ4n) is 3.19. The first kappa shape index (κ1) is 19.8. The van der Waals surface area contributed by atoms with Crippen LogP contribution in [-0.2, 0) is 0 Å². The average molecular weight is 417 g/mol. The molecule has 0 amide bonds. The van der Waals surface area contributed by atoms with Crippen LogP contribution in [0.4, 0.5) is 11.8 Å². The Morgan fingerprint density at radius 3 is 2.37 bits per heavy atom. The molecule has 1 atom stereocenters. The third kappa shape index (κ3) is 4.55. The summed E-state index contributed by atoms with van der Waals surface area (Å²) in [5.41, 5.74) is 10.5. The standard InChI is InChI=1S/C23H21ClN6/c1-14(17-4-3-5-18(10-17)19-12-26-23(25)27-13-19)28-22-11-21(29-15(2)30-22)16-6-8-20(24)9-7-16/h3-14H,1-2H3,(H2,25,26,27)(H,28,29,30). The molecule has 0 saturated heterocycles. The third-order valence-electron chi connectivity index (χ3n) is 4.73. The third-order valence-corrected chi connectivity index (χ3v) is 4.99. The number of nitrogen functional groups attached to an aromatic ring is 1. The maximum Gasteiger partial charge on any atom is 0.219 e. The van der Waals surface area contributed by atoms with Crippen molar-refractivity contribution in [1.29, 1.82) is 0 Å². The Balaban J connectivity index is 1.58. The lowest BCUT2D eigenvalue weighted by molar-refractivity contribution is 0.868. The summed E-state index contributed by atoms with van der Waals surface area (Å²) in [5.74, 6) is 1.73. The number of anilines is 2. The molecule has 6 nitrogen and oxygen atoms in total.